The first kappa shape index (κ1) is 14.9. The van der Waals surface area contributed by atoms with E-state index < -0.39 is 0 Å². The van der Waals surface area contributed by atoms with E-state index in [4.69, 9.17) is 9.47 Å². The lowest BCUT2D eigenvalue weighted by Gasteiger charge is -2.16. The summed E-state index contributed by atoms with van der Waals surface area (Å²) in [6, 6.07) is 7.52. The molecule has 0 atom stereocenters. The highest BCUT2D eigenvalue weighted by atomic mass is 16.5. The van der Waals surface area contributed by atoms with Crippen LogP contribution in [0.15, 0.2) is 30.5 Å². The average Bonchev–Trinajstić information content (AvgIpc) is 3.24. The van der Waals surface area contributed by atoms with Crippen molar-refractivity contribution in [2.45, 2.75) is 6.42 Å². The Morgan fingerprint density at radius 3 is 2.43 bits per heavy atom. The number of hydrogen-bond donors (Lipinski definition) is 2. The summed E-state index contributed by atoms with van der Waals surface area (Å²) >= 11 is 0. The van der Waals surface area contributed by atoms with Gasteiger partial charge in [-0.15, -0.1) is 10.2 Å². The van der Waals surface area contributed by atoms with Crippen LogP contribution in [0.4, 0.5) is 5.95 Å². The number of nitrogens with zero attached hydrogens (tertiary/aromatic N) is 4. The van der Waals surface area contributed by atoms with Gasteiger partial charge in [-0.25, -0.2) is 0 Å². The molecule has 8 heteroatoms. The van der Waals surface area contributed by atoms with Crippen LogP contribution in [0, 0.1) is 0 Å². The number of H-pyrrole nitrogens is 1. The van der Waals surface area contributed by atoms with E-state index in [1.807, 2.05) is 28.8 Å². The van der Waals surface area contributed by atoms with Crippen LogP contribution in [-0.2, 0) is 6.42 Å². The molecule has 0 amide bonds. The topological polar surface area (TPSA) is 89.9 Å². The van der Waals surface area contributed by atoms with Crippen molar-refractivity contribution in [3.63, 3.8) is 0 Å². The fraction of sp³-hybridized carbons (Fsp3) is 0.267. The van der Waals surface area contributed by atoms with Gasteiger partial charge in [-0.3, -0.25) is 9.67 Å². The van der Waals surface area contributed by atoms with Crippen molar-refractivity contribution < 1.29 is 9.47 Å². The highest BCUT2D eigenvalue weighted by Gasteiger charge is 2.20. The van der Waals surface area contributed by atoms with Gasteiger partial charge in [-0.05, 0) is 18.2 Å². The largest absolute Gasteiger partial charge is 0.494 e. The molecule has 1 aromatic carbocycles. The average molecular weight is 314 g/mol. The molecule has 2 heterocycles. The van der Waals surface area contributed by atoms with Crippen molar-refractivity contribution in [3.8, 4) is 17.2 Å². The van der Waals surface area contributed by atoms with Crippen LogP contribution < -0.4 is 14.8 Å². The molecule has 0 fully saturated rings. The van der Waals surface area contributed by atoms with E-state index in [0.717, 1.165) is 17.2 Å². The predicted molar refractivity (Wildman–Crippen MR) is 85.4 cm³/mol. The van der Waals surface area contributed by atoms with Gasteiger partial charge in [0.1, 0.15) is 23.0 Å². The second-order valence-electron chi connectivity index (χ2n) is 4.80. The molecule has 0 aliphatic heterocycles. The van der Waals surface area contributed by atoms with Gasteiger partial charge >= 0.3 is 0 Å². The summed E-state index contributed by atoms with van der Waals surface area (Å²) in [6.07, 6.45) is 2.26. The molecule has 120 valence electrons. The smallest absolute Gasteiger partial charge is 0.229 e. The lowest BCUT2D eigenvalue weighted by Crippen LogP contribution is -2.09. The molecular weight excluding hydrogens is 296 g/mol. The monoisotopic (exact) mass is 314 g/mol. The van der Waals surface area contributed by atoms with E-state index in [1.54, 1.807) is 27.5 Å². The summed E-state index contributed by atoms with van der Waals surface area (Å²) in [5, 5.41) is 18.4. The van der Waals surface area contributed by atoms with Gasteiger partial charge in [-0.1, -0.05) is 6.07 Å². The molecule has 0 saturated heterocycles. The first-order valence-electron chi connectivity index (χ1n) is 7.10. The van der Waals surface area contributed by atoms with E-state index in [2.05, 4.69) is 25.7 Å². The van der Waals surface area contributed by atoms with Crippen LogP contribution >= 0.6 is 0 Å². The Morgan fingerprint density at radius 1 is 1.13 bits per heavy atom. The standard InChI is InChI=1S/C15H18N6O2/c1-16-15-20-19-13(9-10-7-8-17-18-10)21(15)14-11(22-2)5-4-6-12(14)23-3/h4-8H,9H2,1-3H3,(H,16,20)(H,17,18). The Labute approximate surface area is 133 Å². The highest BCUT2D eigenvalue weighted by molar-refractivity contribution is 5.60. The zero-order valence-electron chi connectivity index (χ0n) is 13.2. The van der Waals surface area contributed by atoms with Crippen molar-refractivity contribution in [1.29, 1.82) is 0 Å². The van der Waals surface area contributed by atoms with Crippen LogP contribution in [0.2, 0.25) is 0 Å². The van der Waals surface area contributed by atoms with Crippen LogP contribution in [-0.4, -0.2) is 46.2 Å². The Hall–Kier alpha value is -3.03. The minimum Gasteiger partial charge on any atom is -0.494 e. The number of aromatic amines is 1. The van der Waals surface area contributed by atoms with Crippen LogP contribution in [0.3, 0.4) is 0 Å². The first-order valence-corrected chi connectivity index (χ1v) is 7.10. The molecule has 0 bridgehead atoms. The van der Waals surface area contributed by atoms with E-state index in [0.29, 0.717) is 23.9 Å². The van der Waals surface area contributed by atoms with Gasteiger partial charge in [-0.2, -0.15) is 5.10 Å². The molecule has 0 unspecified atom stereocenters. The minimum absolute atomic E-state index is 0.551. The van der Waals surface area contributed by atoms with Crippen molar-refractivity contribution in [1.82, 2.24) is 25.0 Å². The molecule has 8 nitrogen and oxygen atoms in total. The molecule has 23 heavy (non-hydrogen) atoms. The Kier molecular flexibility index (Phi) is 4.13. The van der Waals surface area contributed by atoms with Gasteiger partial charge in [0.15, 0.2) is 0 Å². The summed E-state index contributed by atoms with van der Waals surface area (Å²) in [5.41, 5.74) is 1.69. The Morgan fingerprint density at radius 2 is 1.87 bits per heavy atom. The fourth-order valence-electron chi connectivity index (χ4n) is 2.43. The second kappa shape index (κ2) is 6.39. The van der Waals surface area contributed by atoms with E-state index in [-0.39, 0.29) is 0 Å². The summed E-state index contributed by atoms with van der Waals surface area (Å²) in [7, 11) is 5.04. The van der Waals surface area contributed by atoms with E-state index in [9.17, 15) is 0 Å². The number of para-hydroxylation sites is 1. The van der Waals surface area contributed by atoms with Crippen molar-refractivity contribution in [2.75, 3.05) is 26.6 Å². The molecule has 3 aromatic rings. The minimum atomic E-state index is 0.551. The second-order valence-corrected chi connectivity index (χ2v) is 4.80. The molecule has 0 aliphatic carbocycles. The number of ether oxygens (including phenoxy) is 2. The van der Waals surface area contributed by atoms with Crippen LogP contribution in [0.5, 0.6) is 11.5 Å². The molecule has 2 N–H and O–H groups in total. The van der Waals surface area contributed by atoms with Crippen LogP contribution in [0.25, 0.3) is 5.69 Å². The molecule has 2 aromatic heterocycles. The summed E-state index contributed by atoms with van der Waals surface area (Å²) < 4.78 is 12.9. The third-order valence-electron chi connectivity index (χ3n) is 3.49. The van der Waals surface area contributed by atoms with E-state index in [1.165, 1.54) is 0 Å². The third-order valence-corrected chi connectivity index (χ3v) is 3.49. The zero-order chi connectivity index (χ0) is 16.2. The maximum atomic E-state index is 5.50. The highest BCUT2D eigenvalue weighted by Crippen LogP contribution is 2.35. The molecular formula is C15H18N6O2. The number of hydrogen-bond acceptors (Lipinski definition) is 6. The molecule has 0 aliphatic rings. The number of benzene rings is 1. The maximum absolute atomic E-state index is 5.50. The lowest BCUT2D eigenvalue weighted by molar-refractivity contribution is 0.390. The van der Waals surface area contributed by atoms with Gasteiger partial charge in [0.05, 0.1) is 20.6 Å². The SMILES string of the molecule is CNc1nnc(Cc2ccn[nH]2)n1-c1c(OC)cccc1OC. The summed E-state index contributed by atoms with van der Waals surface area (Å²) in [5.74, 6) is 2.68. The summed E-state index contributed by atoms with van der Waals surface area (Å²) in [4.78, 5) is 0. The normalized spacial score (nSPS) is 10.6. The van der Waals surface area contributed by atoms with Crippen molar-refractivity contribution in [3.05, 3.63) is 42.0 Å². The molecule has 0 saturated carbocycles. The molecule has 0 radical (unpaired) electrons. The summed E-state index contributed by atoms with van der Waals surface area (Å²) in [6.45, 7) is 0. The fourth-order valence-corrected chi connectivity index (χ4v) is 2.43. The number of rotatable bonds is 6. The first-order chi connectivity index (χ1) is 11.3. The van der Waals surface area contributed by atoms with E-state index >= 15 is 0 Å². The number of methoxy groups -OCH3 is 2. The van der Waals surface area contributed by atoms with Crippen molar-refractivity contribution >= 4 is 5.95 Å². The number of anilines is 1. The Bertz CT molecular complexity index is 759. The molecule has 3 rings (SSSR count). The quantitative estimate of drug-likeness (QED) is 0.719. The number of nitrogens with one attached hydrogen (secondary N) is 2. The van der Waals surface area contributed by atoms with Crippen LogP contribution in [0.1, 0.15) is 11.5 Å². The van der Waals surface area contributed by atoms with Gasteiger partial charge < -0.3 is 14.8 Å². The Balaban J connectivity index is 2.17. The van der Waals surface area contributed by atoms with Gasteiger partial charge in [0.2, 0.25) is 5.95 Å². The number of aromatic nitrogens is 5. The van der Waals surface area contributed by atoms with Gasteiger partial charge in [0, 0.05) is 18.9 Å². The zero-order valence-corrected chi connectivity index (χ0v) is 13.2. The molecule has 0 spiro atoms. The lowest BCUT2D eigenvalue weighted by atomic mass is 10.2. The third kappa shape index (κ3) is 2.70. The maximum Gasteiger partial charge on any atom is 0.229 e. The predicted octanol–water partition coefficient (Wildman–Crippen LogP) is 1.64. The van der Waals surface area contributed by atoms with Gasteiger partial charge in [0.25, 0.3) is 0 Å². The van der Waals surface area contributed by atoms with Crippen molar-refractivity contribution in [2.24, 2.45) is 0 Å².